The van der Waals surface area contributed by atoms with Crippen molar-refractivity contribution in [2.75, 3.05) is 0 Å². The maximum absolute atomic E-state index is 10.5. The molecule has 0 spiro atoms. The normalized spacial score (nSPS) is 9.82. The molecule has 11 heavy (non-hydrogen) atoms. The molecule has 0 aliphatic heterocycles. The quantitative estimate of drug-likeness (QED) is 0.667. The molecule has 0 amide bonds. The van der Waals surface area contributed by atoms with Gasteiger partial charge in [-0.05, 0) is 0 Å². The first-order valence-corrected chi connectivity index (χ1v) is 3.72. The average molecular weight is 174 g/mol. The van der Waals surface area contributed by atoms with Crippen molar-refractivity contribution in [2.24, 2.45) is 0 Å². The first kappa shape index (κ1) is 7.93. The summed E-state index contributed by atoms with van der Waals surface area (Å²) >= 11 is 0.802. The molecule has 1 aromatic heterocycles. The van der Waals surface area contributed by atoms with Crippen molar-refractivity contribution in [1.29, 1.82) is 0 Å². The largest absolute Gasteiger partial charge is 0.481 e. The van der Waals surface area contributed by atoms with Gasteiger partial charge in [-0.2, -0.15) is 4.37 Å². The minimum Gasteiger partial charge on any atom is -0.481 e. The van der Waals surface area contributed by atoms with Crippen LogP contribution in [0.4, 0.5) is 0 Å². The van der Waals surface area contributed by atoms with Gasteiger partial charge in [-0.25, -0.2) is 0 Å². The zero-order chi connectivity index (χ0) is 8.27. The van der Waals surface area contributed by atoms with E-state index in [9.17, 15) is 9.59 Å². The zero-order valence-electron chi connectivity index (χ0n) is 5.53. The summed E-state index contributed by atoms with van der Waals surface area (Å²) in [5.41, 5.74) is 0. The van der Waals surface area contributed by atoms with Crippen LogP contribution in [0.25, 0.3) is 0 Å². The van der Waals surface area contributed by atoms with Gasteiger partial charge in [0.05, 0.1) is 6.42 Å². The minimum atomic E-state index is -0.890. The van der Waals surface area contributed by atoms with E-state index in [0.717, 1.165) is 11.5 Å². The van der Waals surface area contributed by atoms with Crippen LogP contribution in [0.2, 0.25) is 0 Å². The van der Waals surface area contributed by atoms with E-state index in [2.05, 4.69) is 9.36 Å². The molecule has 5 nitrogen and oxygen atoms in total. The summed E-state index contributed by atoms with van der Waals surface area (Å²) in [6, 6.07) is 0. The summed E-state index contributed by atoms with van der Waals surface area (Å²) in [5, 5.41) is 8.27. The van der Waals surface area contributed by atoms with Gasteiger partial charge in [-0.15, -0.1) is 0 Å². The highest BCUT2D eigenvalue weighted by Gasteiger charge is 2.01. The van der Waals surface area contributed by atoms with E-state index in [1.54, 1.807) is 0 Å². The van der Waals surface area contributed by atoms with Crippen LogP contribution < -0.4 is 4.87 Å². The zero-order valence-corrected chi connectivity index (χ0v) is 6.35. The van der Waals surface area contributed by atoms with Crippen molar-refractivity contribution in [3.8, 4) is 0 Å². The average Bonchev–Trinajstić information content (AvgIpc) is 2.31. The van der Waals surface area contributed by atoms with Crippen LogP contribution in [0.3, 0.4) is 0 Å². The number of aromatic nitrogens is 2. The van der Waals surface area contributed by atoms with Gasteiger partial charge in [0.2, 0.25) is 0 Å². The Morgan fingerprint density at radius 2 is 2.45 bits per heavy atom. The smallest absolute Gasteiger partial charge is 0.323 e. The Morgan fingerprint density at radius 1 is 1.73 bits per heavy atom. The summed E-state index contributed by atoms with van der Waals surface area (Å²) in [6.07, 6.45) is 0.285. The summed E-state index contributed by atoms with van der Waals surface area (Å²) in [7, 11) is 0. The fourth-order valence-corrected chi connectivity index (χ4v) is 1.09. The molecule has 1 aromatic rings. The molecule has 0 aliphatic rings. The van der Waals surface area contributed by atoms with Gasteiger partial charge in [0.1, 0.15) is 5.82 Å². The molecule has 0 bridgehead atoms. The Morgan fingerprint density at radius 3 is 2.91 bits per heavy atom. The van der Waals surface area contributed by atoms with Crippen molar-refractivity contribution in [2.45, 2.75) is 12.8 Å². The predicted molar refractivity (Wildman–Crippen MR) is 38.7 cm³/mol. The highest BCUT2D eigenvalue weighted by atomic mass is 32.1. The number of carboxylic acids is 1. The second-order valence-electron chi connectivity index (χ2n) is 1.94. The number of hydrogen-bond acceptors (Lipinski definition) is 4. The molecule has 60 valence electrons. The van der Waals surface area contributed by atoms with Crippen LogP contribution in [-0.2, 0) is 11.2 Å². The van der Waals surface area contributed by atoms with E-state index in [1.807, 2.05) is 0 Å². The number of H-pyrrole nitrogens is 1. The Kier molecular flexibility index (Phi) is 2.37. The van der Waals surface area contributed by atoms with E-state index in [1.165, 1.54) is 0 Å². The summed E-state index contributed by atoms with van der Waals surface area (Å²) in [4.78, 5) is 22.7. The third-order valence-electron chi connectivity index (χ3n) is 1.06. The molecule has 0 unspecified atom stereocenters. The monoisotopic (exact) mass is 174 g/mol. The van der Waals surface area contributed by atoms with Gasteiger partial charge < -0.3 is 5.11 Å². The van der Waals surface area contributed by atoms with Crippen LogP contribution in [0.1, 0.15) is 12.2 Å². The van der Waals surface area contributed by atoms with Gasteiger partial charge in [-0.3, -0.25) is 14.6 Å². The van der Waals surface area contributed by atoms with Crippen molar-refractivity contribution >= 4 is 17.5 Å². The molecule has 0 saturated heterocycles. The number of carbonyl (C=O) groups is 1. The van der Waals surface area contributed by atoms with E-state index >= 15 is 0 Å². The molecule has 0 aliphatic carbocycles. The van der Waals surface area contributed by atoms with Crippen molar-refractivity contribution in [1.82, 2.24) is 9.36 Å². The van der Waals surface area contributed by atoms with Crippen LogP contribution in [0, 0.1) is 0 Å². The van der Waals surface area contributed by atoms with Crippen LogP contribution >= 0.6 is 11.5 Å². The van der Waals surface area contributed by atoms with Gasteiger partial charge >= 0.3 is 10.8 Å². The Bertz CT molecular complexity index is 303. The number of nitrogens with one attached hydrogen (secondary N) is 1. The third kappa shape index (κ3) is 2.50. The molecule has 0 radical (unpaired) electrons. The fourth-order valence-electron chi connectivity index (χ4n) is 0.593. The first-order chi connectivity index (χ1) is 5.18. The lowest BCUT2D eigenvalue weighted by Crippen LogP contribution is -2.01. The molecule has 0 saturated carbocycles. The lowest BCUT2D eigenvalue weighted by Gasteiger charge is -1.88. The molecule has 2 N–H and O–H groups in total. The molecule has 1 heterocycles. The topological polar surface area (TPSA) is 83.0 Å². The van der Waals surface area contributed by atoms with Crippen molar-refractivity contribution < 1.29 is 9.90 Å². The van der Waals surface area contributed by atoms with Crippen molar-refractivity contribution in [3.05, 3.63) is 15.5 Å². The molecule has 0 fully saturated rings. The van der Waals surface area contributed by atoms with Gasteiger partial charge in [0, 0.05) is 18.0 Å². The van der Waals surface area contributed by atoms with Crippen molar-refractivity contribution in [3.63, 3.8) is 0 Å². The van der Waals surface area contributed by atoms with E-state index in [-0.39, 0.29) is 17.7 Å². The first-order valence-electron chi connectivity index (χ1n) is 2.95. The Balaban J connectivity index is 2.51. The maximum atomic E-state index is 10.5. The van der Waals surface area contributed by atoms with Crippen LogP contribution in [0.15, 0.2) is 4.79 Å². The second-order valence-corrected chi connectivity index (χ2v) is 2.67. The summed E-state index contributed by atoms with van der Waals surface area (Å²) in [5.74, 6) is -0.443. The number of aliphatic carboxylic acids is 1. The standard InChI is InChI=1S/C5H6N2O3S/c8-4(9)2-1-3-6-5(10)11-7-3/h1-2H2,(H,8,9)(H,6,7,10). The lowest BCUT2D eigenvalue weighted by atomic mass is 10.3. The van der Waals surface area contributed by atoms with Crippen LogP contribution in [-0.4, -0.2) is 20.4 Å². The molecular formula is C5H6N2O3S. The number of carboxylic acid groups (broad SMARTS) is 1. The van der Waals surface area contributed by atoms with Gasteiger partial charge in [0.25, 0.3) is 0 Å². The number of hydrogen-bond donors (Lipinski definition) is 2. The summed E-state index contributed by atoms with van der Waals surface area (Å²) < 4.78 is 3.70. The SMILES string of the molecule is O=C(O)CCc1nsc(=O)[nH]1. The number of nitrogens with zero attached hydrogens (tertiary/aromatic N) is 1. The maximum Gasteiger partial charge on any atom is 0.323 e. The third-order valence-corrected chi connectivity index (χ3v) is 1.64. The molecule has 0 aromatic carbocycles. The number of rotatable bonds is 3. The molecule has 0 atom stereocenters. The highest BCUT2D eigenvalue weighted by Crippen LogP contribution is 1.93. The molecule has 1 rings (SSSR count). The Hall–Kier alpha value is -1.17. The number of aromatic amines is 1. The second kappa shape index (κ2) is 3.29. The minimum absolute atomic E-state index is 0.000324. The van der Waals surface area contributed by atoms with Gasteiger partial charge in [0.15, 0.2) is 0 Å². The van der Waals surface area contributed by atoms with E-state index < -0.39 is 5.97 Å². The Labute approximate surface area is 65.9 Å². The molecular weight excluding hydrogens is 168 g/mol. The molecule has 6 heteroatoms. The highest BCUT2D eigenvalue weighted by molar-refractivity contribution is 7.02. The van der Waals surface area contributed by atoms with Crippen LogP contribution in [0.5, 0.6) is 0 Å². The van der Waals surface area contributed by atoms with E-state index in [0.29, 0.717) is 5.82 Å². The number of aryl methyl sites for hydroxylation is 1. The lowest BCUT2D eigenvalue weighted by molar-refractivity contribution is -0.137. The fraction of sp³-hybridized carbons (Fsp3) is 0.400. The van der Waals surface area contributed by atoms with E-state index in [4.69, 9.17) is 5.11 Å². The summed E-state index contributed by atoms with van der Waals surface area (Å²) in [6.45, 7) is 0. The predicted octanol–water partition coefficient (Wildman–Crippen LogP) is -0.151. The van der Waals surface area contributed by atoms with Gasteiger partial charge in [-0.1, -0.05) is 0 Å².